The Labute approximate surface area is 95.4 Å². The van der Waals surface area contributed by atoms with Gasteiger partial charge in [-0.25, -0.2) is 4.79 Å². The molecule has 86 valence electrons. The van der Waals surface area contributed by atoms with E-state index in [0.29, 0.717) is 0 Å². The monoisotopic (exact) mass is 220 g/mol. The first-order valence-electron chi connectivity index (χ1n) is 5.48. The SMILES string of the molecule is CC(C)OC(=O)C1(C)OC1c1ccccc1. The van der Waals surface area contributed by atoms with Crippen molar-refractivity contribution in [2.75, 3.05) is 0 Å². The molecule has 1 aliphatic rings. The summed E-state index contributed by atoms with van der Waals surface area (Å²) >= 11 is 0. The molecule has 3 heteroatoms. The van der Waals surface area contributed by atoms with E-state index in [1.54, 1.807) is 6.92 Å². The van der Waals surface area contributed by atoms with Crippen LogP contribution >= 0.6 is 0 Å². The van der Waals surface area contributed by atoms with Crippen LogP contribution in [0.5, 0.6) is 0 Å². The predicted octanol–water partition coefficient (Wildman–Crippen LogP) is 2.47. The van der Waals surface area contributed by atoms with Crippen LogP contribution in [0.2, 0.25) is 0 Å². The minimum absolute atomic E-state index is 0.107. The Hall–Kier alpha value is -1.35. The lowest BCUT2D eigenvalue weighted by Crippen LogP contribution is -2.26. The van der Waals surface area contributed by atoms with Crippen LogP contribution in [0.1, 0.15) is 32.4 Å². The van der Waals surface area contributed by atoms with Crippen LogP contribution in [0.4, 0.5) is 0 Å². The van der Waals surface area contributed by atoms with E-state index in [2.05, 4.69) is 0 Å². The maximum absolute atomic E-state index is 11.8. The van der Waals surface area contributed by atoms with Crippen molar-refractivity contribution in [3.05, 3.63) is 35.9 Å². The normalized spacial score (nSPS) is 27.9. The fourth-order valence-corrected chi connectivity index (χ4v) is 1.71. The van der Waals surface area contributed by atoms with Crippen molar-refractivity contribution in [1.82, 2.24) is 0 Å². The molecule has 1 aliphatic heterocycles. The predicted molar refractivity (Wildman–Crippen MR) is 59.9 cm³/mol. The van der Waals surface area contributed by atoms with Gasteiger partial charge in [0.05, 0.1) is 6.10 Å². The number of carbonyl (C=O) groups is 1. The van der Waals surface area contributed by atoms with Gasteiger partial charge in [0, 0.05) is 0 Å². The highest BCUT2D eigenvalue weighted by Crippen LogP contribution is 2.50. The van der Waals surface area contributed by atoms with Gasteiger partial charge >= 0.3 is 5.97 Å². The second-order valence-corrected chi connectivity index (χ2v) is 4.47. The quantitative estimate of drug-likeness (QED) is 0.580. The fraction of sp³-hybridized carbons (Fsp3) is 0.462. The zero-order valence-electron chi connectivity index (χ0n) is 9.77. The number of carbonyl (C=O) groups excluding carboxylic acids is 1. The van der Waals surface area contributed by atoms with Crippen molar-refractivity contribution in [3.63, 3.8) is 0 Å². The van der Waals surface area contributed by atoms with Crippen LogP contribution < -0.4 is 0 Å². The third-order valence-corrected chi connectivity index (χ3v) is 2.66. The number of rotatable bonds is 3. The lowest BCUT2D eigenvalue weighted by molar-refractivity contribution is -0.153. The highest BCUT2D eigenvalue weighted by molar-refractivity contribution is 5.83. The molecule has 1 aromatic rings. The summed E-state index contributed by atoms with van der Waals surface area (Å²) in [6, 6.07) is 9.73. The maximum Gasteiger partial charge on any atom is 0.341 e. The van der Waals surface area contributed by atoms with Gasteiger partial charge in [0.15, 0.2) is 5.60 Å². The highest BCUT2D eigenvalue weighted by Gasteiger charge is 2.60. The molecule has 1 aromatic carbocycles. The molecule has 2 rings (SSSR count). The van der Waals surface area contributed by atoms with Gasteiger partial charge in [-0.05, 0) is 26.3 Å². The van der Waals surface area contributed by atoms with Crippen LogP contribution in [0.25, 0.3) is 0 Å². The summed E-state index contributed by atoms with van der Waals surface area (Å²) in [5.41, 5.74) is 0.219. The summed E-state index contributed by atoms with van der Waals surface area (Å²) < 4.78 is 10.6. The van der Waals surface area contributed by atoms with E-state index in [1.807, 2.05) is 44.2 Å². The molecule has 16 heavy (non-hydrogen) atoms. The molecule has 0 amide bonds. The smallest absolute Gasteiger partial charge is 0.341 e. The zero-order chi connectivity index (χ0) is 11.8. The van der Waals surface area contributed by atoms with E-state index in [0.717, 1.165) is 5.56 Å². The lowest BCUT2D eigenvalue weighted by Gasteiger charge is -2.10. The molecule has 0 bridgehead atoms. The maximum atomic E-state index is 11.8. The molecule has 0 N–H and O–H groups in total. The number of epoxide rings is 1. The van der Waals surface area contributed by atoms with Crippen molar-refractivity contribution >= 4 is 5.97 Å². The number of ether oxygens (including phenoxy) is 2. The van der Waals surface area contributed by atoms with Gasteiger partial charge in [-0.15, -0.1) is 0 Å². The molecule has 0 aliphatic carbocycles. The minimum Gasteiger partial charge on any atom is -0.461 e. The highest BCUT2D eigenvalue weighted by atomic mass is 16.7. The number of benzene rings is 1. The second-order valence-electron chi connectivity index (χ2n) is 4.47. The van der Waals surface area contributed by atoms with Crippen molar-refractivity contribution in [3.8, 4) is 0 Å². The standard InChI is InChI=1S/C13H16O3/c1-9(2)15-12(14)13(3)11(16-13)10-7-5-4-6-8-10/h4-9,11H,1-3H3. The van der Waals surface area contributed by atoms with Crippen molar-refractivity contribution in [2.45, 2.75) is 38.6 Å². The van der Waals surface area contributed by atoms with E-state index in [4.69, 9.17) is 9.47 Å². The van der Waals surface area contributed by atoms with Gasteiger partial charge in [0.1, 0.15) is 6.10 Å². The van der Waals surface area contributed by atoms with E-state index in [9.17, 15) is 4.79 Å². The van der Waals surface area contributed by atoms with Crippen LogP contribution in [-0.4, -0.2) is 17.7 Å². The Morgan fingerprint density at radius 2 is 2.00 bits per heavy atom. The van der Waals surface area contributed by atoms with Gasteiger partial charge in [0.25, 0.3) is 0 Å². The second kappa shape index (κ2) is 3.91. The largest absolute Gasteiger partial charge is 0.461 e. The van der Waals surface area contributed by atoms with Crippen LogP contribution in [-0.2, 0) is 14.3 Å². The summed E-state index contributed by atoms with van der Waals surface area (Å²) in [4.78, 5) is 11.8. The van der Waals surface area contributed by atoms with Crippen LogP contribution in [0, 0.1) is 0 Å². The molecule has 0 saturated carbocycles. The number of esters is 1. The summed E-state index contributed by atoms with van der Waals surface area (Å²) in [6.07, 6.45) is -0.273. The van der Waals surface area contributed by atoms with Gasteiger partial charge in [0.2, 0.25) is 0 Å². The number of hydrogen-bond donors (Lipinski definition) is 0. The third kappa shape index (κ3) is 1.95. The summed E-state index contributed by atoms with van der Waals surface area (Å²) in [5.74, 6) is -0.281. The van der Waals surface area contributed by atoms with Gasteiger partial charge in [-0.3, -0.25) is 0 Å². The Kier molecular flexibility index (Phi) is 2.72. The molecular weight excluding hydrogens is 204 g/mol. The summed E-state index contributed by atoms with van der Waals surface area (Å²) in [6.45, 7) is 5.44. The van der Waals surface area contributed by atoms with E-state index >= 15 is 0 Å². The fourth-order valence-electron chi connectivity index (χ4n) is 1.71. The molecule has 1 fully saturated rings. The van der Waals surface area contributed by atoms with Crippen LogP contribution in [0.15, 0.2) is 30.3 Å². The van der Waals surface area contributed by atoms with Gasteiger partial charge in [-0.2, -0.15) is 0 Å². The first-order chi connectivity index (χ1) is 7.54. The summed E-state index contributed by atoms with van der Waals surface area (Å²) in [5, 5.41) is 0. The Morgan fingerprint density at radius 1 is 1.38 bits per heavy atom. The molecule has 3 nitrogen and oxygen atoms in total. The van der Waals surface area contributed by atoms with E-state index in [1.165, 1.54) is 0 Å². The molecule has 1 heterocycles. The Morgan fingerprint density at radius 3 is 2.56 bits per heavy atom. The minimum atomic E-state index is -0.800. The van der Waals surface area contributed by atoms with Crippen LogP contribution in [0.3, 0.4) is 0 Å². The number of hydrogen-bond acceptors (Lipinski definition) is 3. The average molecular weight is 220 g/mol. The Bertz CT molecular complexity index is 385. The zero-order valence-corrected chi connectivity index (χ0v) is 9.77. The summed E-state index contributed by atoms with van der Waals surface area (Å²) in [7, 11) is 0. The van der Waals surface area contributed by atoms with Gasteiger partial charge < -0.3 is 9.47 Å². The van der Waals surface area contributed by atoms with Crippen molar-refractivity contribution in [2.24, 2.45) is 0 Å². The van der Waals surface area contributed by atoms with Crippen molar-refractivity contribution < 1.29 is 14.3 Å². The molecular formula is C13H16O3. The third-order valence-electron chi connectivity index (χ3n) is 2.66. The molecule has 1 saturated heterocycles. The molecule has 0 radical (unpaired) electrons. The molecule has 0 spiro atoms. The lowest BCUT2D eigenvalue weighted by atomic mass is 10.0. The molecule has 2 unspecified atom stereocenters. The first kappa shape index (κ1) is 11.1. The topological polar surface area (TPSA) is 38.8 Å². The van der Waals surface area contributed by atoms with E-state index in [-0.39, 0.29) is 18.2 Å². The van der Waals surface area contributed by atoms with Crippen molar-refractivity contribution in [1.29, 1.82) is 0 Å². The molecule has 2 atom stereocenters. The molecule has 0 aromatic heterocycles. The van der Waals surface area contributed by atoms with E-state index < -0.39 is 5.60 Å². The van der Waals surface area contributed by atoms with Gasteiger partial charge in [-0.1, -0.05) is 30.3 Å². The first-order valence-corrected chi connectivity index (χ1v) is 5.48. The Balaban J connectivity index is 2.07. The average Bonchev–Trinajstić information content (AvgIpc) is 2.93.